The Labute approximate surface area is 505 Å². The van der Waals surface area contributed by atoms with Crippen LogP contribution < -0.4 is 0 Å². The van der Waals surface area contributed by atoms with E-state index in [4.69, 9.17) is 28.9 Å². The van der Waals surface area contributed by atoms with Gasteiger partial charge >= 0.3 is 23.9 Å². The molecule has 0 saturated carbocycles. The highest BCUT2D eigenvalue weighted by Gasteiger charge is 2.69. The number of thioether (sulfide) groups is 2. The number of benzene rings is 4. The van der Waals surface area contributed by atoms with Gasteiger partial charge < -0.3 is 18.9 Å². The van der Waals surface area contributed by atoms with E-state index in [1.54, 1.807) is 141 Å². The van der Waals surface area contributed by atoms with Crippen LogP contribution in [0, 0.1) is 45.3 Å². The van der Waals surface area contributed by atoms with E-state index in [0.29, 0.717) is 48.3 Å². The molecule has 0 spiro atoms. The largest absolute Gasteiger partial charge is 0.459 e. The van der Waals surface area contributed by atoms with Gasteiger partial charge in [0.15, 0.2) is 21.2 Å². The number of carbonyl (C=O) groups excluding carboxylic acids is 6. The van der Waals surface area contributed by atoms with Gasteiger partial charge in [0.05, 0.1) is 20.2 Å². The summed E-state index contributed by atoms with van der Waals surface area (Å²) in [5.41, 5.74) is -4.90. The maximum Gasteiger partial charge on any atom is 0.334 e. The summed E-state index contributed by atoms with van der Waals surface area (Å²) in [6.07, 6.45) is 1.40. The molecule has 0 unspecified atom stereocenters. The standard InChI is InChI=1S/C62H40N8O10S5/c1-3-69-53(71)51(84-55(69)39(27-63)28-64)67-43-25-41-45(61(43,57(73)77-31-35-17-9-5-10-18-35)58(74)78-32-36-19-11-6-12-20-36)46-49(81-41)50-47(48-42(82-50)26-44(83-48)68-52-54(72)70(4-2)56(85-52)40(29-65)30-66)62(46,59(75)79-33-37-21-13-7-14-22-37)60(76)80-34-38-23-15-8-16-24-38/h5-26H,3-4,31-34H2,1-2H3/b67-51-,68-52-. The van der Waals surface area contributed by atoms with Gasteiger partial charge in [0.25, 0.3) is 11.8 Å². The number of amides is 2. The van der Waals surface area contributed by atoms with Crippen LogP contribution in [-0.2, 0) is 85.0 Å². The second-order valence-corrected chi connectivity index (χ2v) is 23.9. The first-order valence-electron chi connectivity index (χ1n) is 25.9. The number of fused-ring (bicyclic) bond motifs is 7. The minimum absolute atomic E-state index is 0.00328. The molecule has 4 aromatic carbocycles. The first-order chi connectivity index (χ1) is 41.3. The fraction of sp³-hybridized carbons (Fsp3) is 0.161. The van der Waals surface area contributed by atoms with Crippen molar-refractivity contribution in [1.29, 1.82) is 21.0 Å². The van der Waals surface area contributed by atoms with E-state index in [1.807, 2.05) is 24.3 Å². The summed E-state index contributed by atoms with van der Waals surface area (Å²) in [5, 5.41) is 39.5. The molecule has 3 aromatic heterocycles. The lowest BCUT2D eigenvalue weighted by Gasteiger charge is -2.32. The first-order valence-corrected chi connectivity index (χ1v) is 30.0. The van der Waals surface area contributed by atoms with E-state index in [2.05, 4.69) is 0 Å². The number of thiophene rings is 3. The van der Waals surface area contributed by atoms with Crippen LogP contribution in [0.25, 0.3) is 25.2 Å². The molecule has 0 radical (unpaired) electrons. The second kappa shape index (κ2) is 23.9. The molecule has 85 heavy (non-hydrogen) atoms. The normalized spacial score (nSPS) is 16.0. The molecule has 2 aliphatic carbocycles. The third kappa shape index (κ3) is 9.87. The SMILES string of the molecule is CCN1C(=O)/C(=N/C2=Cc3sc4c(c3C2(C(=O)OCc2ccccc2)C(=O)OCc2ccccc2)C(C(=O)OCc2ccccc2)(C(=O)OCc2ccccc2)c2c-4sc3cc(/N=C4\SC(=C(C#N)C#N)N(CC)C4=O)sc23)SC1=C(C#N)C#N. The predicted molar refractivity (Wildman–Crippen MR) is 319 cm³/mol. The number of carbonyl (C=O) groups is 6. The molecule has 0 N–H and O–H groups in total. The second-order valence-electron chi connectivity index (χ2n) is 18.9. The predicted octanol–water partition coefficient (Wildman–Crippen LogP) is 11.0. The third-order valence-electron chi connectivity index (χ3n) is 14.0. The number of nitrogens with zero attached hydrogens (tertiary/aromatic N) is 8. The van der Waals surface area contributed by atoms with E-state index >= 15 is 19.2 Å². The molecule has 23 heteroatoms. The minimum Gasteiger partial charge on any atom is -0.459 e. The van der Waals surface area contributed by atoms with Crippen molar-refractivity contribution in [2.24, 2.45) is 9.98 Å². The topological polar surface area (TPSA) is 266 Å². The van der Waals surface area contributed by atoms with Gasteiger partial charge in [-0.2, -0.15) is 21.0 Å². The number of rotatable bonds is 16. The van der Waals surface area contributed by atoms with Crippen LogP contribution in [0.1, 0.15) is 57.7 Å². The molecule has 2 amide bonds. The van der Waals surface area contributed by atoms with E-state index in [9.17, 15) is 30.6 Å². The van der Waals surface area contributed by atoms with Crippen molar-refractivity contribution in [2.75, 3.05) is 13.1 Å². The first kappa shape index (κ1) is 57.1. The Morgan fingerprint density at radius 1 is 0.506 bits per heavy atom. The summed E-state index contributed by atoms with van der Waals surface area (Å²) in [6, 6.07) is 43.7. The molecule has 2 aliphatic heterocycles. The van der Waals surface area contributed by atoms with Crippen molar-refractivity contribution < 1.29 is 47.7 Å². The van der Waals surface area contributed by atoms with Crippen LogP contribution in [0.3, 0.4) is 0 Å². The average molecular weight is 1220 g/mol. The number of hydrogen-bond acceptors (Lipinski definition) is 21. The Balaban J connectivity index is 1.19. The zero-order valence-electron chi connectivity index (χ0n) is 44.6. The minimum atomic E-state index is -2.87. The molecule has 418 valence electrons. The number of esters is 4. The van der Waals surface area contributed by atoms with Crippen molar-refractivity contribution in [2.45, 2.75) is 51.1 Å². The van der Waals surface area contributed by atoms with Crippen molar-refractivity contribution in [3.63, 3.8) is 0 Å². The lowest BCUT2D eigenvalue weighted by atomic mass is 9.70. The number of nitriles is 4. The van der Waals surface area contributed by atoms with Crippen LogP contribution in [0.2, 0.25) is 0 Å². The Morgan fingerprint density at radius 3 is 1.29 bits per heavy atom. The van der Waals surface area contributed by atoms with Gasteiger partial charge in [-0.05, 0) is 71.8 Å². The van der Waals surface area contributed by atoms with Crippen LogP contribution >= 0.6 is 57.5 Å². The summed E-state index contributed by atoms with van der Waals surface area (Å²) in [7, 11) is 0. The Kier molecular flexibility index (Phi) is 16.0. The summed E-state index contributed by atoms with van der Waals surface area (Å²) in [5.74, 6) is -6.17. The average Bonchev–Trinajstić information content (AvgIpc) is 1.51. The highest BCUT2D eigenvalue weighted by Crippen LogP contribution is 2.66. The van der Waals surface area contributed by atoms with Gasteiger partial charge in [-0.1, -0.05) is 121 Å². The van der Waals surface area contributed by atoms with E-state index < -0.39 is 71.0 Å². The lowest BCUT2D eigenvalue weighted by Crippen LogP contribution is -2.51. The maximum atomic E-state index is 16.3. The van der Waals surface area contributed by atoms with Crippen molar-refractivity contribution in [3.05, 3.63) is 198 Å². The molecule has 4 aliphatic rings. The molecule has 5 heterocycles. The number of aliphatic imine (C=N–C) groups is 2. The fourth-order valence-corrected chi connectivity index (χ4v) is 16.4. The lowest BCUT2D eigenvalue weighted by molar-refractivity contribution is -0.167. The van der Waals surface area contributed by atoms with E-state index in [1.165, 1.54) is 15.9 Å². The van der Waals surface area contributed by atoms with Crippen molar-refractivity contribution in [1.82, 2.24) is 9.80 Å². The molecule has 7 aromatic rings. The Hall–Kier alpha value is -9.72. The van der Waals surface area contributed by atoms with Crippen molar-refractivity contribution in [3.8, 4) is 34.0 Å². The quantitative estimate of drug-likeness (QED) is 0.0377. The van der Waals surface area contributed by atoms with Gasteiger partial charge in [-0.25, -0.2) is 9.98 Å². The van der Waals surface area contributed by atoms with Crippen molar-refractivity contribution >= 4 is 124 Å². The molecule has 2 fully saturated rings. The Bertz CT molecular complexity index is 4170. The number of allylic oxidation sites excluding steroid dienone is 2. The van der Waals surface area contributed by atoms with E-state index in [0.717, 1.165) is 45.8 Å². The summed E-state index contributed by atoms with van der Waals surface area (Å²) in [6.45, 7) is 1.90. The highest BCUT2D eigenvalue weighted by molar-refractivity contribution is 8.20. The van der Waals surface area contributed by atoms with E-state index in [-0.39, 0.29) is 83.5 Å². The third-order valence-corrected chi connectivity index (χ3v) is 19.8. The monoisotopic (exact) mass is 1220 g/mol. The smallest absolute Gasteiger partial charge is 0.334 e. The van der Waals surface area contributed by atoms with Crippen LogP contribution in [0.15, 0.2) is 164 Å². The Morgan fingerprint density at radius 2 is 0.894 bits per heavy atom. The zero-order valence-corrected chi connectivity index (χ0v) is 48.7. The molecular weight excluding hydrogens is 1180 g/mol. The summed E-state index contributed by atoms with van der Waals surface area (Å²) >= 11 is 4.76. The van der Waals surface area contributed by atoms with Crippen LogP contribution in [0.4, 0.5) is 5.00 Å². The molecule has 18 nitrogen and oxygen atoms in total. The van der Waals surface area contributed by atoms with Crippen LogP contribution in [0.5, 0.6) is 0 Å². The van der Waals surface area contributed by atoms with Crippen LogP contribution in [-0.4, -0.2) is 68.7 Å². The molecule has 0 atom stereocenters. The fourth-order valence-electron chi connectivity index (χ4n) is 10.1. The maximum absolute atomic E-state index is 16.3. The van der Waals surface area contributed by atoms with Gasteiger partial charge in [0.2, 0.25) is 10.8 Å². The summed E-state index contributed by atoms with van der Waals surface area (Å²) in [4.78, 5) is 106. The van der Waals surface area contributed by atoms with Gasteiger partial charge in [-0.3, -0.25) is 38.6 Å². The van der Waals surface area contributed by atoms with Gasteiger partial charge in [-0.15, -0.1) is 34.0 Å². The highest BCUT2D eigenvalue weighted by atomic mass is 32.2. The van der Waals surface area contributed by atoms with Gasteiger partial charge in [0, 0.05) is 39.4 Å². The number of ether oxygens (including phenoxy) is 4. The van der Waals surface area contributed by atoms with Gasteiger partial charge in [0.1, 0.15) is 65.8 Å². The zero-order chi connectivity index (χ0) is 59.6. The number of hydrogen-bond donors (Lipinski definition) is 0. The molecule has 0 bridgehead atoms. The molecular formula is C62H40N8O10S5. The summed E-state index contributed by atoms with van der Waals surface area (Å²) < 4.78 is 26.0. The molecule has 2 saturated heterocycles. The molecule has 11 rings (SSSR count).